The molecule has 1 aromatic heterocycles. The van der Waals surface area contributed by atoms with Crippen LogP contribution < -0.4 is 22.1 Å². The molecule has 0 aliphatic rings. The van der Waals surface area contributed by atoms with E-state index in [1.165, 1.54) is 16.7 Å². The minimum Gasteiger partial charge on any atom is -0.382 e. The van der Waals surface area contributed by atoms with Gasteiger partial charge in [0, 0.05) is 19.6 Å². The van der Waals surface area contributed by atoms with E-state index in [4.69, 9.17) is 23.1 Å². The highest BCUT2D eigenvalue weighted by Crippen LogP contribution is 2.18. The molecule has 2 aromatic carbocycles. The van der Waals surface area contributed by atoms with Gasteiger partial charge < -0.3 is 22.1 Å². The second-order valence-corrected chi connectivity index (χ2v) is 7.81. The van der Waals surface area contributed by atoms with Crippen LogP contribution in [0.15, 0.2) is 54.6 Å². The van der Waals surface area contributed by atoms with Crippen molar-refractivity contribution in [2.75, 3.05) is 24.6 Å². The summed E-state index contributed by atoms with van der Waals surface area (Å²) in [7, 11) is 0. The summed E-state index contributed by atoms with van der Waals surface area (Å²) >= 11 is 5.90. The first kappa shape index (κ1) is 22.5. The lowest BCUT2D eigenvalue weighted by Gasteiger charge is -2.20. The van der Waals surface area contributed by atoms with Gasteiger partial charge in [-0.1, -0.05) is 66.2 Å². The van der Waals surface area contributed by atoms with E-state index >= 15 is 0 Å². The molecule has 0 saturated carbocycles. The SMILES string of the molecule is Cc1ccccc1C[C@H](CNCc1ccccc1)CNC(=O)c1nc(Cl)c(N)nc1N. The first-order valence-electron chi connectivity index (χ1n) is 10.1. The first-order valence-corrected chi connectivity index (χ1v) is 10.5. The van der Waals surface area contributed by atoms with E-state index in [0.717, 1.165) is 19.5 Å². The molecule has 1 atom stereocenters. The molecule has 31 heavy (non-hydrogen) atoms. The average Bonchev–Trinajstić information content (AvgIpc) is 2.76. The van der Waals surface area contributed by atoms with Gasteiger partial charge in [0.15, 0.2) is 22.5 Å². The molecule has 7 nitrogen and oxygen atoms in total. The molecule has 1 heterocycles. The highest BCUT2D eigenvalue weighted by Gasteiger charge is 2.18. The van der Waals surface area contributed by atoms with Gasteiger partial charge in [-0.3, -0.25) is 4.79 Å². The van der Waals surface area contributed by atoms with E-state index in [-0.39, 0.29) is 28.4 Å². The molecule has 1 amide bonds. The van der Waals surface area contributed by atoms with Crippen molar-refractivity contribution >= 4 is 29.1 Å². The molecular weight excluding hydrogens is 412 g/mol. The number of amides is 1. The number of rotatable bonds is 9. The van der Waals surface area contributed by atoms with Gasteiger partial charge in [-0.2, -0.15) is 0 Å². The number of nitrogens with zero attached hydrogens (tertiary/aromatic N) is 2. The molecule has 0 radical (unpaired) electrons. The Kier molecular flexibility index (Phi) is 7.81. The molecule has 3 rings (SSSR count). The number of aromatic nitrogens is 2. The standard InChI is InChI=1S/C23H27ClN6O/c1-15-7-5-6-10-18(15)11-17(13-27-12-16-8-3-2-4-9-16)14-28-23(31)19-21(25)30-22(26)20(24)29-19/h2-10,17,27H,11-14H2,1H3,(H,28,31)(H4,25,26,30)/t17-/m1/s1. The largest absolute Gasteiger partial charge is 0.382 e. The van der Waals surface area contributed by atoms with Crippen LogP contribution in [0.25, 0.3) is 0 Å². The zero-order chi connectivity index (χ0) is 22.2. The molecular formula is C23H27ClN6O. The van der Waals surface area contributed by atoms with E-state index in [0.29, 0.717) is 6.54 Å². The van der Waals surface area contributed by atoms with Crippen molar-refractivity contribution in [3.63, 3.8) is 0 Å². The minimum atomic E-state index is -0.426. The molecule has 162 valence electrons. The number of aryl methyl sites for hydroxylation is 1. The smallest absolute Gasteiger partial charge is 0.273 e. The maximum Gasteiger partial charge on any atom is 0.273 e. The Hall–Kier alpha value is -3.16. The molecule has 0 fully saturated rings. The lowest BCUT2D eigenvalue weighted by atomic mass is 9.95. The number of anilines is 2. The Bertz CT molecular complexity index is 1030. The van der Waals surface area contributed by atoms with Crippen LogP contribution in [0, 0.1) is 12.8 Å². The third-order valence-electron chi connectivity index (χ3n) is 5.05. The topological polar surface area (TPSA) is 119 Å². The van der Waals surface area contributed by atoms with Crippen molar-refractivity contribution < 1.29 is 4.79 Å². The number of hydrogen-bond acceptors (Lipinski definition) is 6. The summed E-state index contributed by atoms with van der Waals surface area (Å²) in [5, 5.41) is 6.36. The van der Waals surface area contributed by atoms with Crippen LogP contribution in [0.5, 0.6) is 0 Å². The maximum absolute atomic E-state index is 12.6. The van der Waals surface area contributed by atoms with E-state index in [1.807, 2.05) is 30.3 Å². The Labute approximate surface area is 187 Å². The van der Waals surface area contributed by atoms with Crippen LogP contribution in [0.3, 0.4) is 0 Å². The fourth-order valence-corrected chi connectivity index (χ4v) is 3.44. The maximum atomic E-state index is 12.6. The summed E-state index contributed by atoms with van der Waals surface area (Å²) in [6.45, 7) is 4.02. The van der Waals surface area contributed by atoms with Gasteiger partial charge in [-0.05, 0) is 36.0 Å². The number of nitrogens with one attached hydrogen (secondary N) is 2. The molecule has 3 aromatic rings. The van der Waals surface area contributed by atoms with Crippen LogP contribution in [0.4, 0.5) is 11.6 Å². The van der Waals surface area contributed by atoms with Gasteiger partial charge in [0.05, 0.1) is 0 Å². The fourth-order valence-electron chi connectivity index (χ4n) is 3.31. The van der Waals surface area contributed by atoms with Crippen LogP contribution in [-0.4, -0.2) is 29.0 Å². The number of benzene rings is 2. The van der Waals surface area contributed by atoms with Gasteiger partial charge in [-0.15, -0.1) is 0 Å². The Morgan fingerprint density at radius 2 is 1.71 bits per heavy atom. The lowest BCUT2D eigenvalue weighted by molar-refractivity contribution is 0.0942. The number of carbonyl (C=O) groups is 1. The third kappa shape index (κ3) is 6.41. The molecule has 0 bridgehead atoms. The van der Waals surface area contributed by atoms with Gasteiger partial charge >= 0.3 is 0 Å². The van der Waals surface area contributed by atoms with E-state index in [9.17, 15) is 4.79 Å². The van der Waals surface area contributed by atoms with Crippen molar-refractivity contribution in [2.24, 2.45) is 5.92 Å². The number of halogens is 1. The number of hydrogen-bond donors (Lipinski definition) is 4. The van der Waals surface area contributed by atoms with E-state index in [1.54, 1.807) is 0 Å². The number of nitrogen functional groups attached to an aromatic ring is 2. The second kappa shape index (κ2) is 10.7. The number of carbonyl (C=O) groups excluding carboxylic acids is 1. The average molecular weight is 439 g/mol. The predicted molar refractivity (Wildman–Crippen MR) is 125 cm³/mol. The molecule has 6 N–H and O–H groups in total. The van der Waals surface area contributed by atoms with Gasteiger partial charge in [0.25, 0.3) is 5.91 Å². The van der Waals surface area contributed by atoms with E-state index in [2.05, 4.69) is 51.8 Å². The van der Waals surface area contributed by atoms with Crippen molar-refractivity contribution in [1.82, 2.24) is 20.6 Å². The third-order valence-corrected chi connectivity index (χ3v) is 5.32. The summed E-state index contributed by atoms with van der Waals surface area (Å²) < 4.78 is 0. The normalized spacial score (nSPS) is 11.8. The summed E-state index contributed by atoms with van der Waals surface area (Å²) in [6.07, 6.45) is 0.818. The van der Waals surface area contributed by atoms with Crippen molar-refractivity contribution in [3.05, 3.63) is 82.1 Å². The molecule has 8 heteroatoms. The molecule has 0 aliphatic carbocycles. The Morgan fingerprint density at radius 1 is 1.00 bits per heavy atom. The second-order valence-electron chi connectivity index (χ2n) is 7.46. The highest BCUT2D eigenvalue weighted by atomic mass is 35.5. The summed E-state index contributed by atoms with van der Waals surface area (Å²) in [5.41, 5.74) is 15.0. The Balaban J connectivity index is 1.66. The van der Waals surface area contributed by atoms with Crippen LogP contribution >= 0.6 is 11.6 Å². The minimum absolute atomic E-state index is 0.00161. The van der Waals surface area contributed by atoms with Crippen molar-refractivity contribution in [3.8, 4) is 0 Å². The number of nitrogens with two attached hydrogens (primary N) is 2. The van der Waals surface area contributed by atoms with Crippen molar-refractivity contribution in [1.29, 1.82) is 0 Å². The van der Waals surface area contributed by atoms with Gasteiger partial charge in [-0.25, -0.2) is 9.97 Å². The van der Waals surface area contributed by atoms with Crippen LogP contribution in [0.2, 0.25) is 5.15 Å². The summed E-state index contributed by atoms with van der Waals surface area (Å²) in [4.78, 5) is 20.5. The lowest BCUT2D eigenvalue weighted by Crippen LogP contribution is -2.36. The van der Waals surface area contributed by atoms with E-state index < -0.39 is 5.91 Å². The zero-order valence-electron chi connectivity index (χ0n) is 17.4. The van der Waals surface area contributed by atoms with Crippen molar-refractivity contribution in [2.45, 2.75) is 19.9 Å². The van der Waals surface area contributed by atoms with Crippen LogP contribution in [0.1, 0.15) is 27.2 Å². The summed E-state index contributed by atoms with van der Waals surface area (Å²) in [6, 6.07) is 18.5. The first-order chi connectivity index (χ1) is 14.9. The highest BCUT2D eigenvalue weighted by molar-refractivity contribution is 6.31. The molecule has 0 unspecified atom stereocenters. The van der Waals surface area contributed by atoms with Crippen LogP contribution in [-0.2, 0) is 13.0 Å². The van der Waals surface area contributed by atoms with Gasteiger partial charge in [0.1, 0.15) is 0 Å². The van der Waals surface area contributed by atoms with Gasteiger partial charge in [0.2, 0.25) is 0 Å². The quantitative estimate of drug-likeness (QED) is 0.407. The Morgan fingerprint density at radius 3 is 2.45 bits per heavy atom. The predicted octanol–water partition coefficient (Wildman–Crippen LogP) is 2.98. The fraction of sp³-hybridized carbons (Fsp3) is 0.261. The molecule has 0 spiro atoms. The summed E-state index contributed by atoms with van der Waals surface area (Å²) in [5.74, 6) is -0.313. The molecule has 0 aliphatic heterocycles. The monoisotopic (exact) mass is 438 g/mol. The molecule has 0 saturated heterocycles. The zero-order valence-corrected chi connectivity index (χ0v) is 18.2.